The molecule has 2 aromatic heterocycles. The van der Waals surface area contributed by atoms with E-state index in [9.17, 15) is 9.18 Å². The van der Waals surface area contributed by atoms with Crippen molar-refractivity contribution in [3.8, 4) is 0 Å². The molecule has 0 aliphatic carbocycles. The number of urea groups is 1. The van der Waals surface area contributed by atoms with E-state index in [4.69, 9.17) is 0 Å². The van der Waals surface area contributed by atoms with Crippen molar-refractivity contribution in [2.24, 2.45) is 0 Å². The number of carbonyl (C=O) groups excluding carboxylic acids is 1. The van der Waals surface area contributed by atoms with Crippen molar-refractivity contribution in [1.82, 2.24) is 24.8 Å². The zero-order chi connectivity index (χ0) is 18.1. The van der Waals surface area contributed by atoms with E-state index in [1.165, 1.54) is 17.6 Å². The van der Waals surface area contributed by atoms with Gasteiger partial charge in [-0.15, -0.1) is 5.10 Å². The van der Waals surface area contributed by atoms with Crippen LogP contribution in [0.2, 0.25) is 0 Å². The van der Waals surface area contributed by atoms with Crippen molar-refractivity contribution < 1.29 is 9.18 Å². The summed E-state index contributed by atoms with van der Waals surface area (Å²) in [5.41, 5.74) is 2.96. The average molecular weight is 373 g/mol. The monoisotopic (exact) mass is 373 g/mol. The summed E-state index contributed by atoms with van der Waals surface area (Å²) < 4.78 is 17.5. The number of amides is 2. The highest BCUT2D eigenvalue weighted by Gasteiger charge is 2.25. The highest BCUT2D eigenvalue weighted by Crippen LogP contribution is 2.33. The zero-order valence-corrected chi connectivity index (χ0v) is 15.3. The van der Waals surface area contributed by atoms with Crippen LogP contribution in [-0.4, -0.2) is 38.6 Å². The molecule has 1 saturated heterocycles. The minimum Gasteiger partial charge on any atom is -0.361 e. The van der Waals surface area contributed by atoms with Crippen LogP contribution in [0, 0.1) is 12.7 Å². The predicted molar refractivity (Wildman–Crippen MR) is 98.7 cm³/mol. The van der Waals surface area contributed by atoms with Gasteiger partial charge in [0.2, 0.25) is 0 Å². The maximum Gasteiger partial charge on any atom is 0.317 e. The molecule has 6 nitrogen and oxygen atoms in total. The second-order valence-electron chi connectivity index (χ2n) is 6.64. The molecular formula is C18H20FN5OS. The first-order chi connectivity index (χ1) is 12.6. The number of likely N-dealkylation sites (tertiary alicyclic amines) is 1. The maximum absolute atomic E-state index is 13.6. The van der Waals surface area contributed by atoms with E-state index in [2.05, 4.69) is 19.9 Å². The number of fused-ring (bicyclic) bond motifs is 1. The number of rotatable bonds is 3. The minimum absolute atomic E-state index is 0.0544. The Kier molecular flexibility index (Phi) is 4.58. The Labute approximate surface area is 154 Å². The van der Waals surface area contributed by atoms with Crippen LogP contribution in [0.3, 0.4) is 0 Å². The second-order valence-corrected chi connectivity index (χ2v) is 7.47. The van der Waals surface area contributed by atoms with E-state index >= 15 is 0 Å². The normalized spacial score (nSPS) is 15.5. The third-order valence-corrected chi connectivity index (χ3v) is 5.87. The third-order valence-electron chi connectivity index (χ3n) is 5.04. The lowest BCUT2D eigenvalue weighted by Gasteiger charge is -2.32. The fraction of sp³-hybridized carbons (Fsp3) is 0.389. The summed E-state index contributed by atoms with van der Waals surface area (Å²) in [7, 11) is 0. The SMILES string of the molecule is Cc1nnsc1CNC(=O)N1CCC(c2c[nH]c3ccc(F)cc23)CC1. The zero-order valence-electron chi connectivity index (χ0n) is 14.5. The molecule has 0 unspecified atom stereocenters. The van der Waals surface area contributed by atoms with Crippen LogP contribution in [0.1, 0.15) is 34.9 Å². The summed E-state index contributed by atoms with van der Waals surface area (Å²) in [6.45, 7) is 3.74. The van der Waals surface area contributed by atoms with Gasteiger partial charge in [-0.3, -0.25) is 0 Å². The molecular weight excluding hydrogens is 353 g/mol. The highest BCUT2D eigenvalue weighted by atomic mass is 32.1. The molecule has 1 aliphatic heterocycles. The number of benzene rings is 1. The predicted octanol–water partition coefficient (Wildman–Crippen LogP) is 3.56. The molecule has 4 rings (SSSR count). The van der Waals surface area contributed by atoms with E-state index in [-0.39, 0.29) is 11.8 Å². The van der Waals surface area contributed by atoms with Crippen LogP contribution in [0.25, 0.3) is 10.9 Å². The molecule has 1 aliphatic rings. The standard InChI is InChI=1S/C18H20FN5OS/c1-11-17(26-23-22-11)10-21-18(25)24-6-4-12(5-7-24)15-9-20-16-3-2-13(19)8-14(15)16/h2-3,8-9,12,20H,4-7,10H2,1H3,(H,21,25). The Morgan fingerprint density at radius 2 is 2.23 bits per heavy atom. The third kappa shape index (κ3) is 3.29. The van der Waals surface area contributed by atoms with Gasteiger partial charge in [-0.25, -0.2) is 9.18 Å². The number of hydrogen-bond acceptors (Lipinski definition) is 4. The molecule has 0 spiro atoms. The lowest BCUT2D eigenvalue weighted by Crippen LogP contribution is -2.43. The Bertz CT molecular complexity index is 929. The molecule has 0 radical (unpaired) electrons. The number of halogens is 1. The molecule has 1 fully saturated rings. The number of nitrogens with one attached hydrogen (secondary N) is 2. The molecule has 0 bridgehead atoms. The van der Waals surface area contributed by atoms with Crippen LogP contribution < -0.4 is 5.32 Å². The lowest BCUT2D eigenvalue weighted by atomic mass is 9.89. The van der Waals surface area contributed by atoms with Gasteiger partial charge in [0.25, 0.3) is 0 Å². The van der Waals surface area contributed by atoms with Crippen molar-refractivity contribution in [2.45, 2.75) is 32.2 Å². The number of H-pyrrole nitrogens is 1. The molecule has 2 amide bonds. The molecule has 1 aromatic carbocycles. The van der Waals surface area contributed by atoms with E-state index < -0.39 is 0 Å². The fourth-order valence-electron chi connectivity index (χ4n) is 3.53. The number of piperidine rings is 1. The first kappa shape index (κ1) is 17.0. The number of nitrogens with zero attached hydrogens (tertiary/aromatic N) is 3. The molecule has 136 valence electrons. The van der Waals surface area contributed by atoms with E-state index in [0.29, 0.717) is 25.6 Å². The smallest absolute Gasteiger partial charge is 0.317 e. The van der Waals surface area contributed by atoms with Gasteiger partial charge in [-0.05, 0) is 61.0 Å². The van der Waals surface area contributed by atoms with Gasteiger partial charge in [0.15, 0.2) is 0 Å². The molecule has 26 heavy (non-hydrogen) atoms. The highest BCUT2D eigenvalue weighted by molar-refractivity contribution is 7.05. The largest absolute Gasteiger partial charge is 0.361 e. The molecule has 0 atom stereocenters. The minimum atomic E-state index is -0.219. The Hall–Kier alpha value is -2.48. The number of aromatic nitrogens is 3. The van der Waals surface area contributed by atoms with Gasteiger partial charge in [0.05, 0.1) is 17.1 Å². The average Bonchev–Trinajstić information content (AvgIpc) is 3.25. The van der Waals surface area contributed by atoms with Gasteiger partial charge in [0, 0.05) is 30.2 Å². The summed E-state index contributed by atoms with van der Waals surface area (Å²) >= 11 is 1.31. The maximum atomic E-state index is 13.6. The van der Waals surface area contributed by atoms with Crippen LogP contribution in [0.4, 0.5) is 9.18 Å². The first-order valence-corrected chi connectivity index (χ1v) is 9.46. The Balaban J connectivity index is 1.36. The summed E-state index contributed by atoms with van der Waals surface area (Å²) in [6.07, 6.45) is 3.72. The van der Waals surface area contributed by atoms with Crippen molar-refractivity contribution in [3.05, 3.63) is 46.3 Å². The molecule has 8 heteroatoms. The van der Waals surface area contributed by atoms with Crippen molar-refractivity contribution in [2.75, 3.05) is 13.1 Å². The lowest BCUT2D eigenvalue weighted by molar-refractivity contribution is 0.181. The summed E-state index contributed by atoms with van der Waals surface area (Å²) in [4.78, 5) is 18.4. The van der Waals surface area contributed by atoms with E-state index in [1.54, 1.807) is 12.1 Å². The molecule has 0 saturated carbocycles. The molecule has 3 heterocycles. The second kappa shape index (κ2) is 7.03. The summed E-state index contributed by atoms with van der Waals surface area (Å²) in [6, 6.07) is 4.77. The van der Waals surface area contributed by atoms with Crippen LogP contribution in [0.15, 0.2) is 24.4 Å². The summed E-state index contributed by atoms with van der Waals surface area (Å²) in [5.74, 6) is 0.116. The van der Waals surface area contributed by atoms with Crippen molar-refractivity contribution in [3.63, 3.8) is 0 Å². The van der Waals surface area contributed by atoms with Gasteiger partial charge in [-0.1, -0.05) is 4.49 Å². The topological polar surface area (TPSA) is 73.9 Å². The molecule has 2 N–H and O–H groups in total. The van der Waals surface area contributed by atoms with E-state index in [0.717, 1.165) is 39.9 Å². The Morgan fingerprint density at radius 1 is 1.42 bits per heavy atom. The number of hydrogen-bond donors (Lipinski definition) is 2. The molecule has 3 aromatic rings. The van der Waals surface area contributed by atoms with Crippen molar-refractivity contribution >= 4 is 28.5 Å². The Morgan fingerprint density at radius 3 is 2.96 bits per heavy atom. The van der Waals surface area contributed by atoms with E-state index in [1.807, 2.05) is 18.0 Å². The van der Waals surface area contributed by atoms with Gasteiger partial charge in [-0.2, -0.15) is 0 Å². The van der Waals surface area contributed by atoms with Gasteiger partial charge >= 0.3 is 6.03 Å². The summed E-state index contributed by atoms with van der Waals surface area (Å²) in [5, 5.41) is 7.84. The van der Waals surface area contributed by atoms with Gasteiger partial charge < -0.3 is 15.2 Å². The van der Waals surface area contributed by atoms with Crippen molar-refractivity contribution in [1.29, 1.82) is 0 Å². The van der Waals surface area contributed by atoms with Crippen LogP contribution in [-0.2, 0) is 6.54 Å². The number of aromatic amines is 1. The van der Waals surface area contributed by atoms with Crippen LogP contribution in [0.5, 0.6) is 0 Å². The number of carbonyl (C=O) groups is 1. The quantitative estimate of drug-likeness (QED) is 0.737. The van der Waals surface area contributed by atoms with Crippen LogP contribution >= 0.6 is 11.5 Å². The number of aryl methyl sites for hydroxylation is 1. The van der Waals surface area contributed by atoms with Gasteiger partial charge in [0.1, 0.15) is 5.82 Å². The first-order valence-electron chi connectivity index (χ1n) is 8.69. The fourth-order valence-corrected chi connectivity index (χ4v) is 4.10.